The van der Waals surface area contributed by atoms with E-state index in [2.05, 4.69) is 25.9 Å². The molecule has 1 N–H and O–H groups in total. The van der Waals surface area contributed by atoms with Gasteiger partial charge in [0.1, 0.15) is 5.69 Å². The molecule has 0 bridgehead atoms. The Morgan fingerprint density at radius 3 is 2.33 bits per heavy atom. The van der Waals surface area contributed by atoms with Crippen molar-refractivity contribution in [2.75, 3.05) is 14.2 Å². The molecule has 36 heavy (non-hydrogen) atoms. The summed E-state index contributed by atoms with van der Waals surface area (Å²) in [5.41, 5.74) is 7.69. The van der Waals surface area contributed by atoms with E-state index in [1.54, 1.807) is 50.6 Å². The molecule has 1 aromatic heterocycles. The van der Waals surface area contributed by atoms with E-state index in [4.69, 9.17) is 9.47 Å². The third-order valence-electron chi connectivity index (χ3n) is 5.44. The van der Waals surface area contributed by atoms with E-state index in [9.17, 15) is 4.79 Å². The van der Waals surface area contributed by atoms with Crippen LogP contribution in [-0.4, -0.2) is 36.1 Å². The first-order chi connectivity index (χ1) is 17.5. The first-order valence-corrected chi connectivity index (χ1v) is 11.2. The number of para-hydroxylation sites is 1. The first kappa shape index (κ1) is 24.3. The van der Waals surface area contributed by atoms with Crippen molar-refractivity contribution in [3.63, 3.8) is 0 Å². The highest BCUT2D eigenvalue weighted by atomic mass is 16.5. The molecule has 0 aliphatic carbocycles. The number of hydrogen-bond donors (Lipinski definition) is 1. The van der Waals surface area contributed by atoms with E-state index < -0.39 is 0 Å². The molecule has 0 atom stereocenters. The van der Waals surface area contributed by atoms with Crippen LogP contribution in [0, 0.1) is 13.8 Å². The van der Waals surface area contributed by atoms with Crippen LogP contribution < -0.4 is 14.9 Å². The Labute approximate surface area is 209 Å². The topological polar surface area (TPSA) is 102 Å². The summed E-state index contributed by atoms with van der Waals surface area (Å²) < 4.78 is 12.3. The van der Waals surface area contributed by atoms with Crippen molar-refractivity contribution in [1.82, 2.24) is 15.2 Å². The van der Waals surface area contributed by atoms with Gasteiger partial charge in [-0.25, -0.2) is 10.1 Å². The van der Waals surface area contributed by atoms with Gasteiger partial charge >= 0.3 is 0 Å². The maximum absolute atomic E-state index is 12.4. The van der Waals surface area contributed by atoms with Crippen LogP contribution in [0.3, 0.4) is 0 Å². The van der Waals surface area contributed by atoms with Crippen molar-refractivity contribution >= 4 is 23.5 Å². The van der Waals surface area contributed by atoms with E-state index in [0.717, 1.165) is 22.6 Å². The molecule has 0 saturated heterocycles. The number of nitrogens with zero attached hydrogens (tertiary/aromatic N) is 5. The minimum Gasteiger partial charge on any atom is -0.493 e. The van der Waals surface area contributed by atoms with Crippen molar-refractivity contribution in [2.24, 2.45) is 15.3 Å². The second-order valence-corrected chi connectivity index (χ2v) is 7.83. The summed E-state index contributed by atoms with van der Waals surface area (Å²) in [7, 11) is 3.13. The number of benzene rings is 3. The standard InChI is InChI=1S/C27H26N6O3/c1-18-26(19(2)33(32-18)23-8-6-5-7-9-23)30-29-22-13-11-21(12-14-22)27(34)31-28-17-20-10-15-24(35-3)25(16-20)36-4/h5-17H,1-4H3,(H,31,34)/b28-17+,30-29?. The lowest BCUT2D eigenvalue weighted by atomic mass is 10.2. The van der Waals surface area contributed by atoms with E-state index in [1.165, 1.54) is 6.21 Å². The number of carbonyl (C=O) groups is 1. The lowest BCUT2D eigenvalue weighted by Crippen LogP contribution is -2.17. The van der Waals surface area contributed by atoms with Crippen LogP contribution in [0.5, 0.6) is 11.5 Å². The monoisotopic (exact) mass is 482 g/mol. The van der Waals surface area contributed by atoms with Crippen molar-refractivity contribution in [3.8, 4) is 17.2 Å². The largest absolute Gasteiger partial charge is 0.493 e. The lowest BCUT2D eigenvalue weighted by Gasteiger charge is -2.07. The summed E-state index contributed by atoms with van der Waals surface area (Å²) in [6, 6.07) is 22.0. The molecule has 4 aromatic rings. The zero-order valence-electron chi connectivity index (χ0n) is 20.5. The Morgan fingerprint density at radius 1 is 0.917 bits per heavy atom. The maximum Gasteiger partial charge on any atom is 0.271 e. The molecular formula is C27H26N6O3. The van der Waals surface area contributed by atoms with Crippen LogP contribution in [0.2, 0.25) is 0 Å². The summed E-state index contributed by atoms with van der Waals surface area (Å²) in [4.78, 5) is 12.4. The van der Waals surface area contributed by atoms with Crippen LogP contribution in [0.4, 0.5) is 11.4 Å². The van der Waals surface area contributed by atoms with Gasteiger partial charge in [0.05, 0.1) is 43.2 Å². The van der Waals surface area contributed by atoms with Gasteiger partial charge in [-0.2, -0.15) is 15.3 Å². The summed E-state index contributed by atoms with van der Waals surface area (Å²) in [5, 5.41) is 17.3. The van der Waals surface area contributed by atoms with Gasteiger partial charge < -0.3 is 9.47 Å². The quantitative estimate of drug-likeness (QED) is 0.198. The number of rotatable bonds is 8. The Morgan fingerprint density at radius 2 is 1.64 bits per heavy atom. The minimum atomic E-state index is -0.342. The smallest absolute Gasteiger partial charge is 0.271 e. The molecule has 9 nitrogen and oxygen atoms in total. The number of amides is 1. The molecule has 0 fully saturated rings. The third kappa shape index (κ3) is 5.47. The molecule has 1 heterocycles. The van der Waals surface area contributed by atoms with E-state index >= 15 is 0 Å². The SMILES string of the molecule is COc1ccc(/C=N/NC(=O)c2ccc(N=Nc3c(C)nn(-c4ccccc4)c3C)cc2)cc1OC. The van der Waals surface area contributed by atoms with E-state index in [-0.39, 0.29) is 5.91 Å². The van der Waals surface area contributed by atoms with Gasteiger partial charge in [0, 0.05) is 5.56 Å². The van der Waals surface area contributed by atoms with Gasteiger partial charge in [-0.05, 0) is 74.0 Å². The highest BCUT2D eigenvalue weighted by Crippen LogP contribution is 2.28. The predicted molar refractivity (Wildman–Crippen MR) is 138 cm³/mol. The first-order valence-electron chi connectivity index (χ1n) is 11.2. The highest BCUT2D eigenvalue weighted by molar-refractivity contribution is 5.95. The normalized spacial score (nSPS) is 11.2. The van der Waals surface area contributed by atoms with Crippen molar-refractivity contribution in [1.29, 1.82) is 0 Å². The van der Waals surface area contributed by atoms with Gasteiger partial charge in [-0.15, -0.1) is 5.11 Å². The molecule has 0 aliphatic rings. The predicted octanol–water partition coefficient (Wildman–Crippen LogP) is 5.69. The fraction of sp³-hybridized carbons (Fsp3) is 0.148. The summed E-state index contributed by atoms with van der Waals surface area (Å²) in [5.74, 6) is 0.854. The van der Waals surface area contributed by atoms with Crippen molar-refractivity contribution in [3.05, 3.63) is 95.3 Å². The van der Waals surface area contributed by atoms with Crippen LogP contribution in [0.15, 0.2) is 88.1 Å². The fourth-order valence-electron chi connectivity index (χ4n) is 3.55. The highest BCUT2D eigenvalue weighted by Gasteiger charge is 2.12. The summed E-state index contributed by atoms with van der Waals surface area (Å²) in [6.45, 7) is 3.86. The van der Waals surface area contributed by atoms with Crippen LogP contribution in [-0.2, 0) is 0 Å². The van der Waals surface area contributed by atoms with Crippen LogP contribution in [0.1, 0.15) is 27.3 Å². The van der Waals surface area contributed by atoms with Crippen LogP contribution in [0.25, 0.3) is 5.69 Å². The average Bonchev–Trinajstić information content (AvgIpc) is 3.20. The number of carbonyl (C=O) groups excluding carboxylic acids is 1. The van der Waals surface area contributed by atoms with Gasteiger partial charge in [0.25, 0.3) is 5.91 Å². The van der Waals surface area contributed by atoms with Crippen LogP contribution >= 0.6 is 0 Å². The summed E-state index contributed by atoms with van der Waals surface area (Å²) >= 11 is 0. The molecule has 9 heteroatoms. The Hall–Kier alpha value is -4.79. The Balaban J connectivity index is 1.40. The number of nitrogens with one attached hydrogen (secondary N) is 1. The van der Waals surface area contributed by atoms with Gasteiger partial charge in [0.2, 0.25) is 0 Å². The molecule has 0 saturated carbocycles. The Kier molecular flexibility index (Phi) is 7.50. The molecule has 1 amide bonds. The van der Waals surface area contributed by atoms with Gasteiger partial charge in [-0.1, -0.05) is 18.2 Å². The molecule has 182 valence electrons. The molecule has 0 radical (unpaired) electrons. The second kappa shape index (κ2) is 11.1. The number of aromatic nitrogens is 2. The molecule has 0 aliphatic heterocycles. The fourth-order valence-corrected chi connectivity index (χ4v) is 3.55. The zero-order valence-corrected chi connectivity index (χ0v) is 20.5. The summed E-state index contributed by atoms with van der Waals surface area (Å²) in [6.07, 6.45) is 1.53. The van der Waals surface area contributed by atoms with Gasteiger partial charge in [-0.3, -0.25) is 4.79 Å². The van der Waals surface area contributed by atoms with Gasteiger partial charge in [0.15, 0.2) is 11.5 Å². The van der Waals surface area contributed by atoms with Crippen molar-refractivity contribution in [2.45, 2.75) is 13.8 Å². The maximum atomic E-state index is 12.4. The van der Waals surface area contributed by atoms with E-state index in [0.29, 0.717) is 28.4 Å². The molecule has 0 spiro atoms. The molecule has 0 unspecified atom stereocenters. The number of hydrazone groups is 1. The second-order valence-electron chi connectivity index (χ2n) is 7.83. The zero-order chi connectivity index (χ0) is 25.5. The molecule has 4 rings (SSSR count). The molecule has 3 aromatic carbocycles. The van der Waals surface area contributed by atoms with E-state index in [1.807, 2.05) is 54.9 Å². The number of ether oxygens (including phenoxy) is 2. The third-order valence-corrected chi connectivity index (χ3v) is 5.44. The molecular weight excluding hydrogens is 456 g/mol. The minimum absolute atomic E-state index is 0.342. The number of methoxy groups -OCH3 is 2. The average molecular weight is 483 g/mol. The van der Waals surface area contributed by atoms with Crippen molar-refractivity contribution < 1.29 is 14.3 Å². The number of aryl methyl sites for hydroxylation is 1. The lowest BCUT2D eigenvalue weighted by molar-refractivity contribution is 0.0955. The number of azo groups is 1. The number of hydrogen-bond acceptors (Lipinski definition) is 7. The Bertz CT molecular complexity index is 1410.